The van der Waals surface area contributed by atoms with E-state index in [1.807, 2.05) is 13.8 Å². The molecule has 0 amide bonds. The van der Waals surface area contributed by atoms with Crippen molar-refractivity contribution in [2.24, 2.45) is 11.1 Å². The second-order valence-corrected chi connectivity index (χ2v) is 5.74. The molecular weight excluding hydrogens is 302 g/mol. The molecule has 0 N–H and O–H groups in total. The first-order valence-corrected chi connectivity index (χ1v) is 7.25. The Labute approximate surface area is 134 Å². The zero-order chi connectivity index (χ0) is 16.3. The fourth-order valence-electron chi connectivity index (χ4n) is 1.96. The summed E-state index contributed by atoms with van der Waals surface area (Å²) in [5, 5.41) is 4.45. The summed E-state index contributed by atoms with van der Waals surface area (Å²) in [6, 6.07) is 6.34. The molecule has 114 valence electrons. The van der Waals surface area contributed by atoms with Crippen molar-refractivity contribution in [1.82, 2.24) is 0 Å². The van der Waals surface area contributed by atoms with Crippen LogP contribution in [0.5, 0.6) is 0 Å². The summed E-state index contributed by atoms with van der Waals surface area (Å²) in [6.45, 7) is 5.60. The van der Waals surface area contributed by atoms with Gasteiger partial charge in [-0.15, -0.1) is 0 Å². The molecule has 0 heterocycles. The zero-order valence-corrected chi connectivity index (χ0v) is 13.3. The van der Waals surface area contributed by atoms with Crippen LogP contribution < -0.4 is 0 Å². The number of rotatable bonds is 3. The van der Waals surface area contributed by atoms with E-state index in [0.717, 1.165) is 5.57 Å². The Balaban J connectivity index is 2.20. The number of carbonyl (C=O) groups is 2. The second-order valence-electron chi connectivity index (χ2n) is 5.31. The van der Waals surface area contributed by atoms with Crippen molar-refractivity contribution in [2.75, 3.05) is 0 Å². The summed E-state index contributed by atoms with van der Waals surface area (Å²) in [5.74, 6) is -0.525. The van der Waals surface area contributed by atoms with Gasteiger partial charge in [-0.3, -0.25) is 4.79 Å². The molecule has 0 aromatic heterocycles. The number of hydrogen-bond acceptors (Lipinski definition) is 4. The Bertz CT molecular complexity index is 697. The van der Waals surface area contributed by atoms with E-state index < -0.39 is 5.97 Å². The largest absolute Gasteiger partial charge is 0.365 e. The van der Waals surface area contributed by atoms with E-state index in [2.05, 4.69) is 5.16 Å². The van der Waals surface area contributed by atoms with Gasteiger partial charge in [0.1, 0.15) is 5.71 Å². The lowest BCUT2D eigenvalue weighted by Crippen LogP contribution is -2.16. The second kappa shape index (κ2) is 6.71. The molecule has 0 saturated heterocycles. The molecule has 0 atom stereocenters. The first-order chi connectivity index (χ1) is 10.4. The maximum atomic E-state index is 11.9. The highest BCUT2D eigenvalue weighted by Gasteiger charge is 2.19. The SMILES string of the molecule is CC1=C/C(=N/OC(=O)c2ccc(Cl)cc2)C(C(C)C)=CC1=O. The predicted octanol–water partition coefficient (Wildman–Crippen LogP) is 3.96. The fraction of sp³-hybridized carbons (Fsp3) is 0.235. The molecule has 1 aromatic rings. The van der Waals surface area contributed by atoms with Gasteiger partial charge in [-0.2, -0.15) is 0 Å². The minimum absolute atomic E-state index is 0.0494. The normalized spacial score (nSPS) is 16.6. The van der Waals surface area contributed by atoms with Crippen LogP contribution in [0.2, 0.25) is 5.02 Å². The summed E-state index contributed by atoms with van der Waals surface area (Å²) < 4.78 is 0. The van der Waals surface area contributed by atoms with Crippen LogP contribution in [0, 0.1) is 5.92 Å². The van der Waals surface area contributed by atoms with Crippen molar-refractivity contribution in [2.45, 2.75) is 20.8 Å². The molecule has 0 radical (unpaired) electrons. The zero-order valence-electron chi connectivity index (χ0n) is 12.6. The summed E-state index contributed by atoms with van der Waals surface area (Å²) in [7, 11) is 0. The van der Waals surface area contributed by atoms with Crippen LogP contribution in [0.1, 0.15) is 31.1 Å². The van der Waals surface area contributed by atoms with Crippen molar-refractivity contribution < 1.29 is 14.4 Å². The smallest absolute Gasteiger partial charge is 0.312 e. The topological polar surface area (TPSA) is 55.7 Å². The van der Waals surface area contributed by atoms with Crippen molar-refractivity contribution >= 4 is 29.1 Å². The first kappa shape index (κ1) is 16.2. The Hall–Kier alpha value is -2.20. The van der Waals surface area contributed by atoms with Crippen LogP contribution in [0.25, 0.3) is 0 Å². The van der Waals surface area contributed by atoms with E-state index in [1.54, 1.807) is 37.3 Å². The fourth-order valence-corrected chi connectivity index (χ4v) is 2.09. The van der Waals surface area contributed by atoms with E-state index in [0.29, 0.717) is 21.9 Å². The first-order valence-electron chi connectivity index (χ1n) is 6.88. The Kier molecular flexibility index (Phi) is 4.93. The van der Waals surface area contributed by atoms with Gasteiger partial charge in [0.25, 0.3) is 0 Å². The number of oxime groups is 1. The lowest BCUT2D eigenvalue weighted by atomic mass is 9.90. The van der Waals surface area contributed by atoms with Gasteiger partial charge in [0.15, 0.2) is 5.78 Å². The van der Waals surface area contributed by atoms with E-state index in [-0.39, 0.29) is 11.7 Å². The van der Waals surface area contributed by atoms with Crippen LogP contribution in [-0.4, -0.2) is 17.5 Å². The van der Waals surface area contributed by atoms with E-state index in [4.69, 9.17) is 16.4 Å². The highest BCUT2D eigenvalue weighted by atomic mass is 35.5. The molecule has 0 bridgehead atoms. The van der Waals surface area contributed by atoms with Gasteiger partial charge in [-0.1, -0.05) is 30.6 Å². The minimum atomic E-state index is -0.574. The van der Waals surface area contributed by atoms with Crippen molar-refractivity contribution in [3.63, 3.8) is 0 Å². The summed E-state index contributed by atoms with van der Waals surface area (Å²) in [4.78, 5) is 28.6. The molecule has 0 aliphatic heterocycles. The maximum absolute atomic E-state index is 11.9. The Morgan fingerprint density at radius 1 is 1.18 bits per heavy atom. The number of nitrogens with zero attached hydrogens (tertiary/aromatic N) is 1. The molecule has 2 rings (SSSR count). The van der Waals surface area contributed by atoms with E-state index >= 15 is 0 Å². The van der Waals surface area contributed by atoms with Crippen molar-refractivity contribution in [3.8, 4) is 0 Å². The average molecular weight is 318 g/mol. The van der Waals surface area contributed by atoms with Crippen LogP contribution in [-0.2, 0) is 9.63 Å². The Morgan fingerprint density at radius 3 is 2.41 bits per heavy atom. The van der Waals surface area contributed by atoms with E-state index in [1.165, 1.54) is 6.08 Å². The molecular formula is C17H16ClNO3. The molecule has 5 heteroatoms. The van der Waals surface area contributed by atoms with Gasteiger partial charge in [0.05, 0.1) is 5.56 Å². The summed E-state index contributed by atoms with van der Waals surface area (Å²) in [6.07, 6.45) is 3.17. The third-order valence-electron chi connectivity index (χ3n) is 3.25. The van der Waals surface area contributed by atoms with Gasteiger partial charge >= 0.3 is 5.97 Å². The number of ketones is 1. The maximum Gasteiger partial charge on any atom is 0.365 e. The monoisotopic (exact) mass is 317 g/mol. The van der Waals surface area contributed by atoms with Gasteiger partial charge in [0, 0.05) is 5.02 Å². The van der Waals surface area contributed by atoms with E-state index in [9.17, 15) is 9.59 Å². The van der Waals surface area contributed by atoms with Gasteiger partial charge in [0.2, 0.25) is 0 Å². The van der Waals surface area contributed by atoms with Gasteiger partial charge < -0.3 is 4.84 Å². The number of allylic oxidation sites excluding steroid dienone is 4. The predicted molar refractivity (Wildman–Crippen MR) is 86.0 cm³/mol. The number of benzene rings is 1. The minimum Gasteiger partial charge on any atom is -0.312 e. The lowest BCUT2D eigenvalue weighted by Gasteiger charge is -2.15. The number of carbonyl (C=O) groups excluding carboxylic acids is 2. The molecule has 0 fully saturated rings. The van der Waals surface area contributed by atoms with Gasteiger partial charge in [-0.25, -0.2) is 4.79 Å². The number of hydrogen-bond donors (Lipinski definition) is 0. The van der Waals surface area contributed by atoms with Gasteiger partial charge in [-0.05, 0) is 60.4 Å². The number of halogens is 1. The molecule has 1 aliphatic carbocycles. The molecule has 4 nitrogen and oxygen atoms in total. The summed E-state index contributed by atoms with van der Waals surface area (Å²) in [5.41, 5.74) is 2.16. The average Bonchev–Trinajstić information content (AvgIpc) is 2.48. The lowest BCUT2D eigenvalue weighted by molar-refractivity contribution is -0.111. The third-order valence-corrected chi connectivity index (χ3v) is 3.51. The highest BCUT2D eigenvalue weighted by molar-refractivity contribution is 6.30. The quantitative estimate of drug-likeness (QED) is 0.481. The molecule has 0 unspecified atom stereocenters. The summed E-state index contributed by atoms with van der Waals surface area (Å²) >= 11 is 5.77. The molecule has 1 aliphatic rings. The van der Waals surface area contributed by atoms with Crippen LogP contribution in [0.15, 0.2) is 52.7 Å². The third kappa shape index (κ3) is 3.71. The molecule has 22 heavy (non-hydrogen) atoms. The van der Waals surface area contributed by atoms with Crippen LogP contribution >= 0.6 is 11.6 Å². The van der Waals surface area contributed by atoms with Crippen LogP contribution in [0.4, 0.5) is 0 Å². The molecule has 0 saturated carbocycles. The molecule has 1 aromatic carbocycles. The van der Waals surface area contributed by atoms with Crippen molar-refractivity contribution in [1.29, 1.82) is 0 Å². The van der Waals surface area contributed by atoms with Crippen LogP contribution in [0.3, 0.4) is 0 Å². The Morgan fingerprint density at radius 2 is 1.82 bits per heavy atom. The molecule has 0 spiro atoms. The highest BCUT2D eigenvalue weighted by Crippen LogP contribution is 2.20. The standard InChI is InChI=1S/C17H16ClNO3/c1-10(2)14-9-16(20)11(3)8-15(14)19-22-17(21)12-4-6-13(18)7-5-12/h4-10H,1-3H3/b19-15-. The van der Waals surface area contributed by atoms with Crippen molar-refractivity contribution in [3.05, 3.63) is 58.1 Å².